The number of hydrogen-bond acceptors (Lipinski definition) is 5. The summed E-state index contributed by atoms with van der Waals surface area (Å²) in [4.78, 5) is 33.8. The number of anilines is 2. The SMILES string of the molecule is O=C(O)C(F)(F)F.O=C(O)c1ccc(NC(=NCc2ccccc2)N2CCN(c3ccccn3)CC2)cc1. The van der Waals surface area contributed by atoms with Crippen molar-refractivity contribution in [3.8, 4) is 0 Å². The third-order valence-corrected chi connectivity index (χ3v) is 5.44. The fourth-order valence-corrected chi connectivity index (χ4v) is 3.48. The summed E-state index contributed by atoms with van der Waals surface area (Å²) >= 11 is 0. The number of carboxylic acid groups (broad SMARTS) is 2. The number of aromatic nitrogens is 1. The Kier molecular flexibility index (Phi) is 9.63. The van der Waals surface area contributed by atoms with Gasteiger partial charge in [0.05, 0.1) is 12.1 Å². The number of nitrogens with one attached hydrogen (secondary N) is 1. The van der Waals surface area contributed by atoms with Crippen molar-refractivity contribution >= 4 is 29.4 Å². The number of rotatable bonds is 5. The standard InChI is InChI=1S/C24H25N5O2.C2HF3O2/c30-23(31)20-9-11-21(12-10-20)27-24(26-18-19-6-2-1-3-7-19)29-16-14-28(15-17-29)22-8-4-5-13-25-22;3-2(4,5)1(6)7/h1-13H,14-18H2,(H,26,27)(H,30,31);(H,6,7). The van der Waals surface area contributed by atoms with E-state index >= 15 is 0 Å². The maximum Gasteiger partial charge on any atom is 0.490 e. The first-order valence-corrected chi connectivity index (χ1v) is 11.5. The first-order chi connectivity index (χ1) is 18.1. The monoisotopic (exact) mass is 529 g/mol. The Hall–Kier alpha value is -4.61. The molecular formula is C26H26F3N5O4. The predicted molar refractivity (Wildman–Crippen MR) is 136 cm³/mol. The number of piperazine rings is 1. The molecule has 4 rings (SSSR count). The molecule has 0 atom stereocenters. The van der Waals surface area contributed by atoms with Crippen LogP contribution in [0.5, 0.6) is 0 Å². The van der Waals surface area contributed by atoms with Crippen LogP contribution < -0.4 is 10.2 Å². The zero-order valence-electron chi connectivity index (χ0n) is 20.2. The number of alkyl halides is 3. The van der Waals surface area contributed by atoms with Gasteiger partial charge in [-0.25, -0.2) is 19.6 Å². The molecule has 12 heteroatoms. The van der Waals surface area contributed by atoms with Gasteiger partial charge in [-0.05, 0) is 42.0 Å². The number of halogens is 3. The van der Waals surface area contributed by atoms with Crippen molar-refractivity contribution < 1.29 is 33.0 Å². The molecule has 38 heavy (non-hydrogen) atoms. The molecule has 0 aliphatic carbocycles. The van der Waals surface area contributed by atoms with E-state index in [4.69, 9.17) is 20.0 Å². The molecule has 0 unspecified atom stereocenters. The molecule has 0 radical (unpaired) electrons. The lowest BCUT2D eigenvalue weighted by atomic mass is 10.2. The Morgan fingerprint density at radius 3 is 2.03 bits per heavy atom. The molecule has 1 saturated heterocycles. The number of hydrogen-bond donors (Lipinski definition) is 3. The van der Waals surface area contributed by atoms with E-state index in [0.29, 0.717) is 6.54 Å². The molecule has 0 bridgehead atoms. The van der Waals surface area contributed by atoms with Crippen molar-refractivity contribution in [3.63, 3.8) is 0 Å². The van der Waals surface area contributed by atoms with Crippen molar-refractivity contribution in [3.05, 3.63) is 90.1 Å². The van der Waals surface area contributed by atoms with Crippen LogP contribution in [0.3, 0.4) is 0 Å². The quantitative estimate of drug-likeness (QED) is 0.333. The Morgan fingerprint density at radius 2 is 1.50 bits per heavy atom. The first-order valence-electron chi connectivity index (χ1n) is 11.5. The van der Waals surface area contributed by atoms with Crippen LogP contribution in [0.15, 0.2) is 84.0 Å². The minimum atomic E-state index is -5.08. The summed E-state index contributed by atoms with van der Waals surface area (Å²) in [5.41, 5.74) is 2.21. The topological polar surface area (TPSA) is 118 Å². The number of carbonyl (C=O) groups is 2. The third-order valence-electron chi connectivity index (χ3n) is 5.44. The Balaban J connectivity index is 0.000000505. The normalized spacial score (nSPS) is 13.8. The van der Waals surface area contributed by atoms with Crippen LogP contribution in [0.4, 0.5) is 24.7 Å². The number of benzene rings is 2. The van der Waals surface area contributed by atoms with E-state index in [9.17, 15) is 18.0 Å². The maximum absolute atomic E-state index is 11.1. The van der Waals surface area contributed by atoms with Crippen LogP contribution in [0.1, 0.15) is 15.9 Å². The first kappa shape index (κ1) is 28.0. The van der Waals surface area contributed by atoms with E-state index in [1.54, 1.807) is 24.3 Å². The van der Waals surface area contributed by atoms with Gasteiger partial charge >= 0.3 is 18.1 Å². The third kappa shape index (κ3) is 8.50. The van der Waals surface area contributed by atoms with Gasteiger partial charge in [-0.2, -0.15) is 13.2 Å². The van der Waals surface area contributed by atoms with Crippen LogP contribution in [0.2, 0.25) is 0 Å². The van der Waals surface area contributed by atoms with Crippen molar-refractivity contribution in [1.82, 2.24) is 9.88 Å². The lowest BCUT2D eigenvalue weighted by molar-refractivity contribution is -0.192. The van der Waals surface area contributed by atoms with Crippen LogP contribution in [0, 0.1) is 0 Å². The second-order valence-corrected chi connectivity index (χ2v) is 8.10. The molecule has 1 aliphatic rings. The summed E-state index contributed by atoms with van der Waals surface area (Å²) in [5, 5.41) is 19.6. The number of aliphatic carboxylic acids is 1. The number of aliphatic imine (C=N–C) groups is 1. The van der Waals surface area contributed by atoms with Gasteiger partial charge in [0.1, 0.15) is 5.82 Å². The second kappa shape index (κ2) is 13.1. The van der Waals surface area contributed by atoms with E-state index in [1.807, 2.05) is 42.6 Å². The second-order valence-electron chi connectivity index (χ2n) is 8.10. The maximum atomic E-state index is 11.1. The van der Waals surface area contributed by atoms with E-state index in [-0.39, 0.29) is 5.56 Å². The largest absolute Gasteiger partial charge is 0.490 e. The smallest absolute Gasteiger partial charge is 0.478 e. The molecule has 200 valence electrons. The highest BCUT2D eigenvalue weighted by atomic mass is 19.4. The molecule has 1 aromatic heterocycles. The molecule has 1 aliphatic heterocycles. The average Bonchev–Trinajstić information content (AvgIpc) is 2.92. The van der Waals surface area contributed by atoms with Crippen molar-refractivity contribution in [2.45, 2.75) is 12.7 Å². The lowest BCUT2D eigenvalue weighted by Crippen LogP contribution is -2.51. The number of pyridine rings is 1. The van der Waals surface area contributed by atoms with Crippen molar-refractivity contribution in [2.24, 2.45) is 4.99 Å². The zero-order valence-corrected chi connectivity index (χ0v) is 20.2. The summed E-state index contributed by atoms with van der Waals surface area (Å²) in [6.45, 7) is 3.88. The zero-order chi connectivity index (χ0) is 27.5. The highest BCUT2D eigenvalue weighted by Gasteiger charge is 2.38. The molecule has 0 saturated carbocycles. The van der Waals surface area contributed by atoms with Crippen LogP contribution in [-0.4, -0.2) is 70.4 Å². The highest BCUT2D eigenvalue weighted by molar-refractivity contribution is 5.95. The Labute approximate surface area is 216 Å². The predicted octanol–water partition coefficient (Wildman–Crippen LogP) is 4.20. The number of aromatic carboxylic acids is 1. The summed E-state index contributed by atoms with van der Waals surface area (Å²) < 4.78 is 31.7. The molecule has 0 spiro atoms. The van der Waals surface area contributed by atoms with Gasteiger partial charge in [0.2, 0.25) is 0 Å². The van der Waals surface area contributed by atoms with E-state index in [2.05, 4.69) is 32.2 Å². The summed E-state index contributed by atoms with van der Waals surface area (Å²) in [6.07, 6.45) is -3.27. The van der Waals surface area contributed by atoms with Gasteiger partial charge in [-0.3, -0.25) is 0 Å². The fourth-order valence-electron chi connectivity index (χ4n) is 3.48. The fraction of sp³-hybridized carbons (Fsp3) is 0.231. The Morgan fingerprint density at radius 1 is 0.895 bits per heavy atom. The molecule has 3 aromatic rings. The van der Waals surface area contributed by atoms with Gasteiger partial charge in [-0.15, -0.1) is 0 Å². The average molecular weight is 530 g/mol. The van der Waals surface area contributed by atoms with Gasteiger partial charge in [0, 0.05) is 38.1 Å². The summed E-state index contributed by atoms with van der Waals surface area (Å²) in [5.74, 6) is -1.92. The molecule has 9 nitrogen and oxygen atoms in total. The lowest BCUT2D eigenvalue weighted by Gasteiger charge is -2.37. The van der Waals surface area contributed by atoms with Crippen molar-refractivity contribution in [1.29, 1.82) is 0 Å². The van der Waals surface area contributed by atoms with Crippen molar-refractivity contribution in [2.75, 3.05) is 36.4 Å². The highest BCUT2D eigenvalue weighted by Crippen LogP contribution is 2.16. The minimum Gasteiger partial charge on any atom is -0.478 e. The van der Waals surface area contributed by atoms with Gasteiger partial charge < -0.3 is 25.3 Å². The van der Waals surface area contributed by atoms with E-state index in [0.717, 1.165) is 49.2 Å². The minimum absolute atomic E-state index is 0.261. The number of carboxylic acids is 2. The number of guanidine groups is 1. The molecule has 3 N–H and O–H groups in total. The molecule has 2 aromatic carbocycles. The van der Waals surface area contributed by atoms with Gasteiger partial charge in [-0.1, -0.05) is 36.4 Å². The van der Waals surface area contributed by atoms with Gasteiger partial charge in [0.15, 0.2) is 5.96 Å². The molecule has 0 amide bonds. The van der Waals surface area contributed by atoms with Crippen LogP contribution in [0.25, 0.3) is 0 Å². The van der Waals surface area contributed by atoms with E-state index < -0.39 is 18.1 Å². The molecule has 2 heterocycles. The molecule has 1 fully saturated rings. The van der Waals surface area contributed by atoms with Gasteiger partial charge in [0.25, 0.3) is 0 Å². The molecular weight excluding hydrogens is 503 g/mol. The van der Waals surface area contributed by atoms with Crippen LogP contribution >= 0.6 is 0 Å². The summed E-state index contributed by atoms with van der Waals surface area (Å²) in [6, 6.07) is 22.8. The van der Waals surface area contributed by atoms with E-state index in [1.165, 1.54) is 0 Å². The number of nitrogens with zero attached hydrogens (tertiary/aromatic N) is 4. The summed E-state index contributed by atoms with van der Waals surface area (Å²) in [7, 11) is 0. The Bertz CT molecular complexity index is 1220. The van der Waals surface area contributed by atoms with Crippen LogP contribution in [-0.2, 0) is 11.3 Å².